The maximum atomic E-state index is 11.4. The average Bonchev–Trinajstić information content (AvgIpc) is 2.23. The third kappa shape index (κ3) is 3.82. The van der Waals surface area contributed by atoms with E-state index in [9.17, 15) is 4.79 Å². The molecule has 0 saturated heterocycles. The van der Waals surface area contributed by atoms with Crippen LogP contribution in [-0.2, 0) is 4.79 Å². The zero-order valence-corrected chi connectivity index (χ0v) is 11.2. The Morgan fingerprint density at radius 2 is 2.19 bits per heavy atom. The van der Waals surface area contributed by atoms with Crippen molar-refractivity contribution in [2.75, 3.05) is 5.32 Å². The van der Waals surface area contributed by atoms with Gasteiger partial charge in [0.05, 0.1) is 12.1 Å². The first-order chi connectivity index (χ1) is 7.52. The summed E-state index contributed by atoms with van der Waals surface area (Å²) in [5, 5.41) is 13.7. The molecule has 0 fully saturated rings. The zero-order valence-electron chi connectivity index (χ0n) is 8.08. The monoisotopic (exact) mass is 349 g/mol. The number of hydrogen-bond acceptors (Lipinski definition) is 3. The SMILES string of the molecule is NC(CC(=O)Nc1cc(Br)ccc1Br)=NO. The molecule has 0 aromatic heterocycles. The molecule has 0 aliphatic rings. The van der Waals surface area contributed by atoms with Gasteiger partial charge in [0.15, 0.2) is 0 Å². The third-order valence-corrected chi connectivity index (χ3v) is 2.86. The molecule has 1 aromatic rings. The Kier molecular flexibility index (Phi) is 4.75. The van der Waals surface area contributed by atoms with Gasteiger partial charge in [-0.05, 0) is 34.1 Å². The number of nitrogens with two attached hydrogens (primary N) is 1. The number of benzene rings is 1. The van der Waals surface area contributed by atoms with E-state index in [1.54, 1.807) is 12.1 Å². The van der Waals surface area contributed by atoms with Crippen LogP contribution < -0.4 is 11.1 Å². The van der Waals surface area contributed by atoms with Crippen LogP contribution in [0.15, 0.2) is 32.3 Å². The number of hydrogen-bond donors (Lipinski definition) is 3. The summed E-state index contributed by atoms with van der Waals surface area (Å²) in [5.41, 5.74) is 5.83. The van der Waals surface area contributed by atoms with E-state index in [0.717, 1.165) is 8.95 Å². The summed E-state index contributed by atoms with van der Waals surface area (Å²) in [6, 6.07) is 5.38. The van der Waals surface area contributed by atoms with Crippen molar-refractivity contribution in [3.05, 3.63) is 27.1 Å². The van der Waals surface area contributed by atoms with Gasteiger partial charge in [-0.2, -0.15) is 0 Å². The second kappa shape index (κ2) is 5.86. The van der Waals surface area contributed by atoms with Crippen LogP contribution in [0.3, 0.4) is 0 Å². The van der Waals surface area contributed by atoms with Gasteiger partial charge >= 0.3 is 0 Å². The molecule has 0 aliphatic heterocycles. The van der Waals surface area contributed by atoms with Crippen molar-refractivity contribution in [3.63, 3.8) is 0 Å². The van der Waals surface area contributed by atoms with Crippen molar-refractivity contribution in [1.29, 1.82) is 0 Å². The summed E-state index contributed by atoms with van der Waals surface area (Å²) in [4.78, 5) is 11.4. The number of oxime groups is 1. The number of rotatable bonds is 3. The Balaban J connectivity index is 2.73. The standard InChI is InChI=1S/C9H9Br2N3O2/c10-5-1-2-6(11)7(3-5)13-9(15)4-8(12)14-16/h1-3,16H,4H2,(H2,12,14)(H,13,15). The summed E-state index contributed by atoms with van der Waals surface area (Å²) >= 11 is 6.59. The number of anilines is 1. The van der Waals surface area contributed by atoms with E-state index >= 15 is 0 Å². The van der Waals surface area contributed by atoms with Crippen molar-refractivity contribution in [3.8, 4) is 0 Å². The highest BCUT2D eigenvalue weighted by molar-refractivity contribution is 9.11. The molecule has 0 aliphatic carbocycles. The molecular formula is C9H9Br2N3O2. The van der Waals surface area contributed by atoms with E-state index in [4.69, 9.17) is 10.9 Å². The van der Waals surface area contributed by atoms with Gasteiger partial charge in [-0.1, -0.05) is 21.1 Å². The summed E-state index contributed by atoms with van der Waals surface area (Å²) < 4.78 is 1.60. The minimum atomic E-state index is -0.353. The first-order valence-electron chi connectivity index (χ1n) is 4.24. The molecule has 86 valence electrons. The van der Waals surface area contributed by atoms with Gasteiger partial charge < -0.3 is 16.3 Å². The fraction of sp³-hybridized carbons (Fsp3) is 0.111. The highest BCUT2D eigenvalue weighted by Crippen LogP contribution is 2.26. The molecule has 1 amide bonds. The number of nitrogens with zero attached hydrogens (tertiary/aromatic N) is 1. The number of nitrogens with one attached hydrogen (secondary N) is 1. The van der Waals surface area contributed by atoms with Crippen molar-refractivity contribution < 1.29 is 10.0 Å². The molecule has 0 atom stereocenters. The molecular weight excluding hydrogens is 342 g/mol. The highest BCUT2D eigenvalue weighted by Gasteiger charge is 2.08. The first kappa shape index (κ1) is 13.0. The molecule has 7 heteroatoms. The Bertz CT molecular complexity index is 435. The summed E-state index contributed by atoms with van der Waals surface area (Å²) in [6.45, 7) is 0. The lowest BCUT2D eigenvalue weighted by atomic mass is 10.3. The Labute approximate surface area is 109 Å². The van der Waals surface area contributed by atoms with Crippen LogP contribution in [0.25, 0.3) is 0 Å². The van der Waals surface area contributed by atoms with Gasteiger partial charge in [-0.25, -0.2) is 0 Å². The van der Waals surface area contributed by atoms with Gasteiger partial charge in [0.2, 0.25) is 5.91 Å². The average molecular weight is 351 g/mol. The first-order valence-corrected chi connectivity index (χ1v) is 5.83. The highest BCUT2D eigenvalue weighted by atomic mass is 79.9. The molecule has 4 N–H and O–H groups in total. The van der Waals surface area contributed by atoms with Gasteiger partial charge in [0.1, 0.15) is 5.84 Å². The maximum absolute atomic E-state index is 11.4. The van der Waals surface area contributed by atoms with E-state index in [1.807, 2.05) is 6.07 Å². The van der Waals surface area contributed by atoms with Crippen LogP contribution >= 0.6 is 31.9 Å². The molecule has 0 bridgehead atoms. The third-order valence-electron chi connectivity index (χ3n) is 1.67. The number of amidine groups is 1. The lowest BCUT2D eigenvalue weighted by Crippen LogP contribution is -2.22. The minimum Gasteiger partial charge on any atom is -0.409 e. The predicted octanol–water partition coefficient (Wildman–Crippen LogP) is 2.29. The molecule has 16 heavy (non-hydrogen) atoms. The van der Waals surface area contributed by atoms with E-state index in [-0.39, 0.29) is 18.2 Å². The lowest BCUT2D eigenvalue weighted by molar-refractivity contribution is -0.115. The number of carbonyl (C=O) groups is 1. The predicted molar refractivity (Wildman–Crippen MR) is 68.5 cm³/mol. The second-order valence-electron chi connectivity index (χ2n) is 2.94. The van der Waals surface area contributed by atoms with Gasteiger partial charge in [0, 0.05) is 8.95 Å². The van der Waals surface area contributed by atoms with Crippen LogP contribution in [0.1, 0.15) is 6.42 Å². The molecule has 0 radical (unpaired) electrons. The normalized spacial score (nSPS) is 11.2. The molecule has 0 saturated carbocycles. The van der Waals surface area contributed by atoms with Gasteiger partial charge in [0.25, 0.3) is 0 Å². The fourth-order valence-corrected chi connectivity index (χ4v) is 1.69. The van der Waals surface area contributed by atoms with Gasteiger partial charge in [-0.15, -0.1) is 0 Å². The number of carbonyl (C=O) groups excluding carboxylic acids is 1. The summed E-state index contributed by atoms with van der Waals surface area (Å²) in [6.07, 6.45) is -0.157. The summed E-state index contributed by atoms with van der Waals surface area (Å²) in [5.74, 6) is -0.488. The topological polar surface area (TPSA) is 87.7 Å². The van der Waals surface area contributed by atoms with Crippen LogP contribution in [0, 0.1) is 0 Å². The van der Waals surface area contributed by atoms with E-state index < -0.39 is 0 Å². The van der Waals surface area contributed by atoms with Crippen molar-refractivity contribution >= 4 is 49.3 Å². The molecule has 5 nitrogen and oxygen atoms in total. The quantitative estimate of drug-likeness (QED) is 0.338. The van der Waals surface area contributed by atoms with E-state index in [1.165, 1.54) is 0 Å². The molecule has 0 unspecified atom stereocenters. The molecule has 1 rings (SSSR count). The van der Waals surface area contributed by atoms with E-state index in [0.29, 0.717) is 5.69 Å². The zero-order chi connectivity index (χ0) is 12.1. The molecule has 0 heterocycles. The Morgan fingerprint density at radius 3 is 2.81 bits per heavy atom. The van der Waals surface area contributed by atoms with Crippen LogP contribution in [0.2, 0.25) is 0 Å². The number of amides is 1. The van der Waals surface area contributed by atoms with Crippen LogP contribution in [-0.4, -0.2) is 17.0 Å². The number of halogens is 2. The second-order valence-corrected chi connectivity index (χ2v) is 4.71. The van der Waals surface area contributed by atoms with Gasteiger partial charge in [-0.3, -0.25) is 4.79 Å². The minimum absolute atomic E-state index is 0.136. The van der Waals surface area contributed by atoms with Crippen LogP contribution in [0.4, 0.5) is 5.69 Å². The van der Waals surface area contributed by atoms with Crippen molar-refractivity contribution in [2.24, 2.45) is 10.9 Å². The maximum Gasteiger partial charge on any atom is 0.232 e. The molecule has 1 aromatic carbocycles. The Morgan fingerprint density at radius 1 is 1.50 bits per heavy atom. The lowest BCUT2D eigenvalue weighted by Gasteiger charge is -2.07. The largest absolute Gasteiger partial charge is 0.409 e. The van der Waals surface area contributed by atoms with Crippen molar-refractivity contribution in [2.45, 2.75) is 6.42 Å². The fourth-order valence-electron chi connectivity index (χ4n) is 0.988. The molecule has 0 spiro atoms. The van der Waals surface area contributed by atoms with E-state index in [2.05, 4.69) is 42.3 Å². The smallest absolute Gasteiger partial charge is 0.232 e. The Hall–Kier alpha value is -1.08. The van der Waals surface area contributed by atoms with Crippen molar-refractivity contribution in [1.82, 2.24) is 0 Å². The summed E-state index contributed by atoms with van der Waals surface area (Å²) in [7, 11) is 0. The van der Waals surface area contributed by atoms with Crippen LogP contribution in [0.5, 0.6) is 0 Å².